The third kappa shape index (κ3) is 2.09. The molecule has 4 rings (SSSR count). The van der Waals surface area contributed by atoms with Crippen LogP contribution in [0, 0.1) is 6.92 Å². The minimum Gasteiger partial charge on any atom is -0.0616 e. The highest BCUT2D eigenvalue weighted by molar-refractivity contribution is 6.08. The molecule has 4 aromatic carbocycles. The summed E-state index contributed by atoms with van der Waals surface area (Å²) in [6.07, 6.45) is 0. The summed E-state index contributed by atoms with van der Waals surface area (Å²) in [6.45, 7) is 2.12. The molecule has 0 saturated carbocycles. The predicted molar refractivity (Wildman–Crippen MR) is 91.6 cm³/mol. The molecular formula is C21H16. The van der Waals surface area contributed by atoms with Gasteiger partial charge in [0.15, 0.2) is 0 Å². The molecule has 0 aromatic heterocycles. The SMILES string of the molecule is Cc1ccc(-c2ccc3c(ccc4ccccc43)c2)cc1. The maximum absolute atomic E-state index is 2.28. The second-order valence-corrected chi connectivity index (χ2v) is 5.59. The molecule has 0 aliphatic rings. The van der Waals surface area contributed by atoms with E-state index in [0.29, 0.717) is 0 Å². The lowest BCUT2D eigenvalue weighted by Crippen LogP contribution is -1.81. The van der Waals surface area contributed by atoms with Crippen LogP contribution in [0.3, 0.4) is 0 Å². The van der Waals surface area contributed by atoms with E-state index in [1.54, 1.807) is 0 Å². The molecule has 100 valence electrons. The van der Waals surface area contributed by atoms with Crippen molar-refractivity contribution >= 4 is 21.5 Å². The highest BCUT2D eigenvalue weighted by atomic mass is 14.1. The van der Waals surface area contributed by atoms with Gasteiger partial charge in [0.25, 0.3) is 0 Å². The maximum Gasteiger partial charge on any atom is -0.0105 e. The number of benzene rings is 4. The maximum atomic E-state index is 2.28. The van der Waals surface area contributed by atoms with Crippen molar-refractivity contribution in [3.8, 4) is 11.1 Å². The lowest BCUT2D eigenvalue weighted by Gasteiger charge is -2.07. The highest BCUT2D eigenvalue weighted by Crippen LogP contribution is 2.29. The molecule has 0 nitrogen and oxygen atoms in total. The molecule has 0 heterocycles. The van der Waals surface area contributed by atoms with E-state index in [9.17, 15) is 0 Å². The van der Waals surface area contributed by atoms with E-state index in [2.05, 4.69) is 85.8 Å². The predicted octanol–water partition coefficient (Wildman–Crippen LogP) is 5.97. The topological polar surface area (TPSA) is 0 Å². The summed E-state index contributed by atoms with van der Waals surface area (Å²) in [5, 5.41) is 5.24. The lowest BCUT2D eigenvalue weighted by atomic mass is 9.97. The van der Waals surface area contributed by atoms with E-state index in [1.807, 2.05) is 0 Å². The first kappa shape index (κ1) is 12.2. The first-order valence-corrected chi connectivity index (χ1v) is 7.30. The van der Waals surface area contributed by atoms with Crippen molar-refractivity contribution in [2.24, 2.45) is 0 Å². The zero-order chi connectivity index (χ0) is 14.2. The minimum absolute atomic E-state index is 1.27. The molecule has 0 unspecified atom stereocenters. The third-order valence-electron chi connectivity index (χ3n) is 4.13. The van der Waals surface area contributed by atoms with Gasteiger partial charge >= 0.3 is 0 Å². The fourth-order valence-electron chi connectivity index (χ4n) is 2.94. The summed E-state index contributed by atoms with van der Waals surface area (Å²) < 4.78 is 0. The molecule has 0 spiro atoms. The Hall–Kier alpha value is -2.60. The molecule has 0 bridgehead atoms. The van der Waals surface area contributed by atoms with Gasteiger partial charge in [-0.15, -0.1) is 0 Å². The molecule has 21 heavy (non-hydrogen) atoms. The summed E-state index contributed by atoms with van der Waals surface area (Å²) in [5.74, 6) is 0. The Morgan fingerprint density at radius 3 is 2.05 bits per heavy atom. The van der Waals surface area contributed by atoms with Gasteiger partial charge in [0.05, 0.1) is 0 Å². The zero-order valence-electron chi connectivity index (χ0n) is 12.0. The Morgan fingerprint density at radius 1 is 0.524 bits per heavy atom. The van der Waals surface area contributed by atoms with Gasteiger partial charge in [-0.1, -0.05) is 78.4 Å². The third-order valence-corrected chi connectivity index (χ3v) is 4.13. The van der Waals surface area contributed by atoms with Gasteiger partial charge in [-0.3, -0.25) is 0 Å². The van der Waals surface area contributed by atoms with Gasteiger partial charge < -0.3 is 0 Å². The summed E-state index contributed by atoms with van der Waals surface area (Å²) in [7, 11) is 0. The second kappa shape index (κ2) is 4.75. The summed E-state index contributed by atoms with van der Waals surface area (Å²) >= 11 is 0. The number of rotatable bonds is 1. The molecule has 0 aliphatic heterocycles. The quantitative estimate of drug-likeness (QED) is 0.373. The molecule has 0 saturated heterocycles. The number of hydrogen-bond acceptors (Lipinski definition) is 0. The fraction of sp³-hybridized carbons (Fsp3) is 0.0476. The Labute approximate surface area is 124 Å². The molecule has 0 N–H and O–H groups in total. The Kier molecular flexibility index (Phi) is 2.75. The first-order chi connectivity index (χ1) is 10.3. The molecule has 4 aromatic rings. The smallest absolute Gasteiger partial charge is 0.0105 e. The minimum atomic E-state index is 1.27. The molecule has 0 atom stereocenters. The van der Waals surface area contributed by atoms with Crippen molar-refractivity contribution in [1.29, 1.82) is 0 Å². The standard InChI is InChI=1S/C21H16/c1-15-6-8-16(9-7-15)18-12-13-21-19(14-18)11-10-17-4-2-3-5-20(17)21/h2-14H,1H3. The van der Waals surface area contributed by atoms with Crippen molar-refractivity contribution < 1.29 is 0 Å². The average Bonchev–Trinajstić information content (AvgIpc) is 2.55. The van der Waals surface area contributed by atoms with Crippen LogP contribution < -0.4 is 0 Å². The van der Waals surface area contributed by atoms with Crippen LogP contribution in [0.4, 0.5) is 0 Å². The van der Waals surface area contributed by atoms with Crippen LogP contribution in [-0.2, 0) is 0 Å². The van der Waals surface area contributed by atoms with Gasteiger partial charge in [0.1, 0.15) is 0 Å². The molecule has 0 amide bonds. The van der Waals surface area contributed by atoms with Crippen LogP contribution >= 0.6 is 0 Å². The van der Waals surface area contributed by atoms with E-state index in [4.69, 9.17) is 0 Å². The van der Waals surface area contributed by atoms with Gasteiger partial charge in [-0.05, 0) is 45.7 Å². The van der Waals surface area contributed by atoms with Gasteiger partial charge in [-0.25, -0.2) is 0 Å². The van der Waals surface area contributed by atoms with Crippen LogP contribution in [0.1, 0.15) is 5.56 Å². The molecule has 0 radical (unpaired) electrons. The van der Waals surface area contributed by atoms with Crippen molar-refractivity contribution in [2.75, 3.05) is 0 Å². The summed E-state index contributed by atoms with van der Waals surface area (Å²) in [6, 6.07) is 28.5. The molecular weight excluding hydrogens is 252 g/mol. The van der Waals surface area contributed by atoms with Gasteiger partial charge in [0.2, 0.25) is 0 Å². The second-order valence-electron chi connectivity index (χ2n) is 5.59. The largest absolute Gasteiger partial charge is 0.0616 e. The van der Waals surface area contributed by atoms with Gasteiger partial charge in [-0.2, -0.15) is 0 Å². The lowest BCUT2D eigenvalue weighted by molar-refractivity contribution is 1.47. The Bertz CT molecular complexity index is 931. The van der Waals surface area contributed by atoms with Crippen molar-refractivity contribution in [2.45, 2.75) is 6.92 Å². The van der Waals surface area contributed by atoms with Crippen LogP contribution in [0.5, 0.6) is 0 Å². The van der Waals surface area contributed by atoms with E-state index in [0.717, 1.165) is 0 Å². The van der Waals surface area contributed by atoms with Crippen LogP contribution in [0.2, 0.25) is 0 Å². The average molecular weight is 268 g/mol. The van der Waals surface area contributed by atoms with E-state index >= 15 is 0 Å². The van der Waals surface area contributed by atoms with Crippen molar-refractivity contribution in [1.82, 2.24) is 0 Å². The van der Waals surface area contributed by atoms with E-state index in [-0.39, 0.29) is 0 Å². The zero-order valence-corrected chi connectivity index (χ0v) is 12.0. The molecule has 0 aliphatic carbocycles. The molecule has 0 fully saturated rings. The number of hydrogen-bond donors (Lipinski definition) is 0. The van der Waals surface area contributed by atoms with Crippen LogP contribution in [0.25, 0.3) is 32.7 Å². The van der Waals surface area contributed by atoms with Crippen molar-refractivity contribution in [3.05, 3.63) is 84.4 Å². The fourth-order valence-corrected chi connectivity index (χ4v) is 2.94. The summed E-state index contributed by atoms with van der Waals surface area (Å²) in [5.41, 5.74) is 3.85. The van der Waals surface area contributed by atoms with Crippen molar-refractivity contribution in [3.63, 3.8) is 0 Å². The van der Waals surface area contributed by atoms with E-state index < -0.39 is 0 Å². The van der Waals surface area contributed by atoms with Crippen LogP contribution in [-0.4, -0.2) is 0 Å². The first-order valence-electron chi connectivity index (χ1n) is 7.30. The number of fused-ring (bicyclic) bond motifs is 3. The summed E-state index contributed by atoms with van der Waals surface area (Å²) in [4.78, 5) is 0. The van der Waals surface area contributed by atoms with Crippen LogP contribution in [0.15, 0.2) is 78.9 Å². The molecule has 0 heteroatoms. The highest BCUT2D eigenvalue weighted by Gasteiger charge is 2.03. The van der Waals surface area contributed by atoms with E-state index in [1.165, 1.54) is 38.2 Å². The Morgan fingerprint density at radius 2 is 1.19 bits per heavy atom. The number of aryl methyl sites for hydroxylation is 1. The normalized spacial score (nSPS) is 11.1. The van der Waals surface area contributed by atoms with Gasteiger partial charge in [0, 0.05) is 0 Å². The monoisotopic (exact) mass is 268 g/mol. The Balaban J connectivity index is 1.94.